The van der Waals surface area contributed by atoms with Crippen LogP contribution in [0.25, 0.3) is 0 Å². The molecule has 0 spiro atoms. The van der Waals surface area contributed by atoms with Crippen LogP contribution in [0.5, 0.6) is 0 Å². The first-order chi connectivity index (χ1) is 12.0. The van der Waals surface area contributed by atoms with E-state index in [2.05, 4.69) is 10.2 Å². The zero-order chi connectivity index (χ0) is 18.3. The SMILES string of the molecule is CCC(CC)(CNC1CCN(CCc2ccc(F)cc2)CC1)C(=O)O. The molecule has 4 nitrogen and oxygen atoms in total. The minimum Gasteiger partial charge on any atom is -0.481 e. The van der Waals surface area contributed by atoms with Crippen molar-refractivity contribution in [3.05, 3.63) is 35.6 Å². The Morgan fingerprint density at radius 2 is 1.84 bits per heavy atom. The Labute approximate surface area is 150 Å². The Morgan fingerprint density at radius 3 is 2.36 bits per heavy atom. The molecule has 2 rings (SSSR count). The highest BCUT2D eigenvalue weighted by atomic mass is 19.1. The number of likely N-dealkylation sites (tertiary alicyclic amines) is 1. The minimum atomic E-state index is -0.693. The summed E-state index contributed by atoms with van der Waals surface area (Å²) in [7, 11) is 0. The van der Waals surface area contributed by atoms with E-state index in [1.807, 2.05) is 26.0 Å². The zero-order valence-electron chi connectivity index (χ0n) is 15.4. The maximum atomic E-state index is 12.9. The lowest BCUT2D eigenvalue weighted by atomic mass is 9.82. The molecule has 0 amide bonds. The normalized spacial score (nSPS) is 16.9. The van der Waals surface area contributed by atoms with E-state index in [0.29, 0.717) is 25.4 Å². The summed E-state index contributed by atoms with van der Waals surface area (Å²) in [6.45, 7) is 7.50. The molecule has 1 fully saturated rings. The van der Waals surface area contributed by atoms with Gasteiger partial charge in [-0.25, -0.2) is 4.39 Å². The van der Waals surface area contributed by atoms with Crippen molar-refractivity contribution < 1.29 is 14.3 Å². The summed E-state index contributed by atoms with van der Waals surface area (Å²) in [6, 6.07) is 7.14. The number of nitrogens with zero attached hydrogens (tertiary/aromatic N) is 1. The second kappa shape index (κ2) is 9.30. The van der Waals surface area contributed by atoms with Crippen LogP contribution in [0.15, 0.2) is 24.3 Å². The first kappa shape index (κ1) is 19.9. The minimum absolute atomic E-state index is 0.188. The Bertz CT molecular complexity index is 535. The van der Waals surface area contributed by atoms with E-state index in [1.165, 1.54) is 17.7 Å². The number of hydrogen-bond donors (Lipinski definition) is 2. The van der Waals surface area contributed by atoms with Crippen LogP contribution >= 0.6 is 0 Å². The van der Waals surface area contributed by atoms with Crippen LogP contribution in [0.3, 0.4) is 0 Å². The van der Waals surface area contributed by atoms with Crippen molar-refractivity contribution >= 4 is 5.97 Å². The molecule has 1 aromatic carbocycles. The van der Waals surface area contributed by atoms with E-state index >= 15 is 0 Å². The molecule has 25 heavy (non-hydrogen) atoms. The number of rotatable bonds is 9. The maximum Gasteiger partial charge on any atom is 0.310 e. The largest absolute Gasteiger partial charge is 0.481 e. The van der Waals surface area contributed by atoms with Crippen LogP contribution in [-0.4, -0.2) is 48.2 Å². The number of halogens is 1. The van der Waals surface area contributed by atoms with Crippen LogP contribution < -0.4 is 5.32 Å². The molecule has 2 N–H and O–H groups in total. The third-order valence-corrected chi connectivity index (χ3v) is 5.75. The quantitative estimate of drug-likeness (QED) is 0.717. The van der Waals surface area contributed by atoms with Crippen LogP contribution in [0, 0.1) is 11.2 Å². The monoisotopic (exact) mass is 350 g/mol. The molecule has 1 heterocycles. The first-order valence-corrected chi connectivity index (χ1v) is 9.42. The topological polar surface area (TPSA) is 52.6 Å². The van der Waals surface area contributed by atoms with Crippen LogP contribution in [0.2, 0.25) is 0 Å². The lowest BCUT2D eigenvalue weighted by Crippen LogP contribution is -2.48. The molecule has 0 bridgehead atoms. The molecule has 1 saturated heterocycles. The van der Waals surface area contributed by atoms with Gasteiger partial charge in [0.15, 0.2) is 0 Å². The molecule has 0 aromatic heterocycles. The zero-order valence-corrected chi connectivity index (χ0v) is 15.4. The molecule has 1 aromatic rings. The predicted molar refractivity (Wildman–Crippen MR) is 98.2 cm³/mol. The smallest absolute Gasteiger partial charge is 0.310 e. The average molecular weight is 350 g/mol. The highest BCUT2D eigenvalue weighted by Gasteiger charge is 2.35. The third kappa shape index (κ3) is 5.51. The number of aliphatic carboxylic acids is 1. The summed E-state index contributed by atoms with van der Waals surface area (Å²) in [6.07, 6.45) is 4.34. The summed E-state index contributed by atoms with van der Waals surface area (Å²) in [4.78, 5) is 14.0. The number of hydrogen-bond acceptors (Lipinski definition) is 3. The average Bonchev–Trinajstić information content (AvgIpc) is 2.63. The first-order valence-electron chi connectivity index (χ1n) is 9.42. The van der Waals surface area contributed by atoms with Gasteiger partial charge in [-0.3, -0.25) is 4.79 Å². The van der Waals surface area contributed by atoms with Gasteiger partial charge in [0.25, 0.3) is 0 Å². The molecule has 0 unspecified atom stereocenters. The second-order valence-electron chi connectivity index (χ2n) is 7.17. The van der Waals surface area contributed by atoms with Crippen molar-refractivity contribution in [3.8, 4) is 0 Å². The predicted octanol–water partition coefficient (Wildman–Crippen LogP) is 3.31. The molecule has 140 valence electrons. The summed E-state index contributed by atoms with van der Waals surface area (Å²) in [5, 5.41) is 13.0. The van der Waals surface area contributed by atoms with Crippen molar-refractivity contribution in [1.29, 1.82) is 0 Å². The summed E-state index contributed by atoms with van der Waals surface area (Å²) in [5.41, 5.74) is 0.526. The third-order valence-electron chi connectivity index (χ3n) is 5.75. The van der Waals surface area contributed by atoms with Gasteiger partial charge in [0.1, 0.15) is 5.82 Å². The van der Waals surface area contributed by atoms with Crippen LogP contribution in [0.4, 0.5) is 4.39 Å². The number of benzene rings is 1. The van der Waals surface area contributed by atoms with Crippen molar-refractivity contribution in [2.75, 3.05) is 26.2 Å². The van der Waals surface area contributed by atoms with Gasteiger partial charge in [-0.2, -0.15) is 0 Å². The molecular formula is C20H31FN2O2. The number of piperidine rings is 1. The van der Waals surface area contributed by atoms with Gasteiger partial charge in [0.05, 0.1) is 5.41 Å². The van der Waals surface area contributed by atoms with Crippen molar-refractivity contribution in [3.63, 3.8) is 0 Å². The van der Waals surface area contributed by atoms with E-state index in [-0.39, 0.29) is 5.82 Å². The number of carboxylic acid groups (broad SMARTS) is 1. The van der Waals surface area contributed by atoms with Gasteiger partial charge in [-0.1, -0.05) is 26.0 Å². The van der Waals surface area contributed by atoms with Gasteiger partial charge in [-0.15, -0.1) is 0 Å². The van der Waals surface area contributed by atoms with E-state index in [9.17, 15) is 14.3 Å². The maximum absolute atomic E-state index is 12.9. The van der Waals surface area contributed by atoms with E-state index in [1.54, 1.807) is 0 Å². The van der Waals surface area contributed by atoms with Crippen LogP contribution in [0.1, 0.15) is 45.1 Å². The lowest BCUT2D eigenvalue weighted by molar-refractivity contribution is -0.149. The molecule has 0 saturated carbocycles. The van der Waals surface area contributed by atoms with Crippen molar-refractivity contribution in [1.82, 2.24) is 10.2 Å². The van der Waals surface area contributed by atoms with Crippen LogP contribution in [-0.2, 0) is 11.2 Å². The molecule has 0 aliphatic carbocycles. The Balaban J connectivity index is 1.72. The van der Waals surface area contributed by atoms with Gasteiger partial charge in [0, 0.05) is 19.1 Å². The molecule has 1 aliphatic heterocycles. The summed E-state index contributed by atoms with van der Waals surface area (Å²) >= 11 is 0. The lowest BCUT2D eigenvalue weighted by Gasteiger charge is -2.35. The van der Waals surface area contributed by atoms with E-state index < -0.39 is 11.4 Å². The Hall–Kier alpha value is -1.46. The van der Waals surface area contributed by atoms with Crippen molar-refractivity contribution in [2.24, 2.45) is 5.41 Å². The summed E-state index contributed by atoms with van der Waals surface area (Å²) in [5.74, 6) is -0.881. The number of carbonyl (C=O) groups is 1. The highest BCUT2D eigenvalue weighted by Crippen LogP contribution is 2.26. The fraction of sp³-hybridized carbons (Fsp3) is 0.650. The van der Waals surface area contributed by atoms with Crippen molar-refractivity contribution in [2.45, 2.75) is 52.0 Å². The van der Waals surface area contributed by atoms with Gasteiger partial charge >= 0.3 is 5.97 Å². The fourth-order valence-corrected chi connectivity index (χ4v) is 3.52. The Kier molecular flexibility index (Phi) is 7.38. The van der Waals surface area contributed by atoms with Gasteiger partial charge in [-0.05, 0) is 62.9 Å². The standard InChI is InChI=1S/C20H31FN2O2/c1-3-20(4-2,19(24)25)15-22-18-10-13-23(14-11-18)12-9-16-5-7-17(21)8-6-16/h5-8,18,22H,3-4,9-15H2,1-2H3,(H,24,25). The molecular weight excluding hydrogens is 319 g/mol. The van der Waals surface area contributed by atoms with E-state index in [0.717, 1.165) is 38.9 Å². The summed E-state index contributed by atoms with van der Waals surface area (Å²) < 4.78 is 12.9. The molecule has 0 radical (unpaired) electrons. The van der Waals surface area contributed by atoms with E-state index in [4.69, 9.17) is 0 Å². The van der Waals surface area contributed by atoms with Gasteiger partial charge in [0.2, 0.25) is 0 Å². The number of nitrogens with one attached hydrogen (secondary N) is 1. The van der Waals surface area contributed by atoms with Gasteiger partial charge < -0.3 is 15.3 Å². The second-order valence-corrected chi connectivity index (χ2v) is 7.17. The fourth-order valence-electron chi connectivity index (χ4n) is 3.52. The highest BCUT2D eigenvalue weighted by molar-refractivity contribution is 5.74. The number of carboxylic acids is 1. The molecule has 0 atom stereocenters. The molecule has 1 aliphatic rings. The Morgan fingerprint density at radius 1 is 1.24 bits per heavy atom. The molecule has 5 heteroatoms.